The second-order valence-electron chi connectivity index (χ2n) is 4.62. The Morgan fingerprint density at radius 3 is 2.94 bits per heavy atom. The highest BCUT2D eigenvalue weighted by Gasteiger charge is 2.25. The Labute approximate surface area is 101 Å². The third kappa shape index (κ3) is 2.82. The summed E-state index contributed by atoms with van der Waals surface area (Å²) in [6, 6.07) is 1.60. The molecule has 2 atom stereocenters. The number of amides is 1. The van der Waals surface area contributed by atoms with Gasteiger partial charge in [-0.25, -0.2) is 0 Å². The van der Waals surface area contributed by atoms with Crippen molar-refractivity contribution in [1.29, 1.82) is 0 Å². The van der Waals surface area contributed by atoms with Gasteiger partial charge in [0.05, 0.1) is 12.1 Å². The van der Waals surface area contributed by atoms with Crippen molar-refractivity contribution in [3.05, 3.63) is 29.6 Å². The van der Waals surface area contributed by atoms with Crippen LogP contribution in [0, 0.1) is 6.92 Å². The molecule has 1 aromatic heterocycles. The van der Waals surface area contributed by atoms with Gasteiger partial charge in [-0.1, -0.05) is 12.8 Å². The second kappa shape index (κ2) is 5.27. The highest BCUT2D eigenvalue weighted by atomic mass is 16.3. The van der Waals surface area contributed by atoms with Crippen molar-refractivity contribution in [2.75, 3.05) is 0 Å². The average Bonchev–Trinajstić information content (AvgIpc) is 2.32. The highest BCUT2D eigenvalue weighted by molar-refractivity contribution is 5.95. The quantitative estimate of drug-likeness (QED) is 0.813. The molecule has 0 radical (unpaired) electrons. The monoisotopic (exact) mass is 234 g/mol. The molecule has 2 N–H and O–H groups in total. The van der Waals surface area contributed by atoms with Crippen LogP contribution in [0.15, 0.2) is 18.5 Å². The van der Waals surface area contributed by atoms with E-state index in [1.54, 1.807) is 18.5 Å². The standard InChI is InChI=1S/C13H18N2O2/c1-9-8-14-7-6-10(9)13(17)15-11-4-2-3-5-12(11)16/h6-8,11-12,16H,2-5H2,1H3,(H,15,17). The highest BCUT2D eigenvalue weighted by Crippen LogP contribution is 2.19. The van der Waals surface area contributed by atoms with Crippen molar-refractivity contribution in [3.8, 4) is 0 Å². The van der Waals surface area contributed by atoms with Crippen molar-refractivity contribution >= 4 is 5.91 Å². The van der Waals surface area contributed by atoms with Gasteiger partial charge in [0.2, 0.25) is 0 Å². The molecule has 1 aliphatic rings. The molecule has 2 rings (SSSR count). The number of pyridine rings is 1. The van der Waals surface area contributed by atoms with E-state index < -0.39 is 6.10 Å². The number of aromatic nitrogens is 1. The minimum absolute atomic E-state index is 0.108. The topological polar surface area (TPSA) is 62.2 Å². The first-order valence-electron chi connectivity index (χ1n) is 6.08. The van der Waals surface area contributed by atoms with Crippen LogP contribution in [0.5, 0.6) is 0 Å². The van der Waals surface area contributed by atoms with Crippen LogP contribution in [0.2, 0.25) is 0 Å². The zero-order chi connectivity index (χ0) is 12.3. The molecular formula is C13H18N2O2. The number of nitrogens with one attached hydrogen (secondary N) is 1. The molecule has 1 saturated carbocycles. The Bertz CT molecular complexity index is 406. The third-order valence-electron chi connectivity index (χ3n) is 3.31. The predicted molar refractivity (Wildman–Crippen MR) is 64.7 cm³/mol. The van der Waals surface area contributed by atoms with Gasteiger partial charge in [0, 0.05) is 18.0 Å². The molecule has 0 saturated heterocycles. The Morgan fingerprint density at radius 2 is 2.24 bits per heavy atom. The number of hydrogen-bond donors (Lipinski definition) is 2. The van der Waals surface area contributed by atoms with E-state index in [4.69, 9.17) is 0 Å². The average molecular weight is 234 g/mol. The van der Waals surface area contributed by atoms with Crippen molar-refractivity contribution in [3.63, 3.8) is 0 Å². The van der Waals surface area contributed by atoms with Gasteiger partial charge in [0.1, 0.15) is 0 Å². The fourth-order valence-corrected chi connectivity index (χ4v) is 2.25. The molecule has 17 heavy (non-hydrogen) atoms. The normalized spacial score (nSPS) is 24.4. The Hall–Kier alpha value is -1.42. The minimum Gasteiger partial charge on any atom is -0.391 e. The summed E-state index contributed by atoms with van der Waals surface area (Å²) in [6.45, 7) is 1.86. The van der Waals surface area contributed by atoms with Gasteiger partial charge in [-0.15, -0.1) is 0 Å². The van der Waals surface area contributed by atoms with Crippen LogP contribution in [-0.4, -0.2) is 28.1 Å². The molecule has 1 heterocycles. The van der Waals surface area contributed by atoms with Crippen molar-refractivity contribution < 1.29 is 9.90 Å². The van der Waals surface area contributed by atoms with E-state index in [2.05, 4.69) is 10.3 Å². The summed E-state index contributed by atoms with van der Waals surface area (Å²) in [5.41, 5.74) is 1.49. The molecule has 0 bridgehead atoms. The van der Waals surface area contributed by atoms with Gasteiger partial charge in [-0.2, -0.15) is 0 Å². The SMILES string of the molecule is Cc1cnccc1C(=O)NC1CCCCC1O. The summed E-state index contributed by atoms with van der Waals surface area (Å²) in [4.78, 5) is 16.0. The van der Waals surface area contributed by atoms with Crippen molar-refractivity contribution in [1.82, 2.24) is 10.3 Å². The van der Waals surface area contributed by atoms with Crippen LogP contribution >= 0.6 is 0 Å². The zero-order valence-corrected chi connectivity index (χ0v) is 10.0. The zero-order valence-electron chi connectivity index (χ0n) is 10.0. The van der Waals surface area contributed by atoms with Crippen LogP contribution in [0.1, 0.15) is 41.6 Å². The minimum atomic E-state index is -0.408. The Morgan fingerprint density at radius 1 is 1.47 bits per heavy atom. The Kier molecular flexibility index (Phi) is 3.74. The number of carbonyl (C=O) groups excluding carboxylic acids is 1. The van der Waals surface area contributed by atoms with Gasteiger partial charge >= 0.3 is 0 Å². The van der Waals surface area contributed by atoms with E-state index >= 15 is 0 Å². The van der Waals surface area contributed by atoms with Crippen molar-refractivity contribution in [2.24, 2.45) is 0 Å². The number of aryl methyl sites for hydroxylation is 1. The first-order chi connectivity index (χ1) is 8.18. The predicted octanol–water partition coefficient (Wildman–Crippen LogP) is 1.42. The second-order valence-corrected chi connectivity index (χ2v) is 4.62. The van der Waals surface area contributed by atoms with E-state index in [1.807, 2.05) is 6.92 Å². The van der Waals surface area contributed by atoms with Crippen LogP contribution in [-0.2, 0) is 0 Å². The summed E-state index contributed by atoms with van der Waals surface area (Å²) in [5.74, 6) is -0.115. The van der Waals surface area contributed by atoms with E-state index in [0.29, 0.717) is 5.56 Å². The number of nitrogens with zero attached hydrogens (tertiary/aromatic N) is 1. The van der Waals surface area contributed by atoms with E-state index in [1.165, 1.54) is 0 Å². The number of carbonyl (C=O) groups is 1. The molecule has 1 amide bonds. The first-order valence-corrected chi connectivity index (χ1v) is 6.08. The number of rotatable bonds is 2. The first kappa shape index (κ1) is 12.0. The third-order valence-corrected chi connectivity index (χ3v) is 3.31. The number of hydrogen-bond acceptors (Lipinski definition) is 3. The fourth-order valence-electron chi connectivity index (χ4n) is 2.25. The molecule has 92 valence electrons. The van der Waals surface area contributed by atoms with Gasteiger partial charge < -0.3 is 10.4 Å². The van der Waals surface area contributed by atoms with Gasteiger partial charge in [0.25, 0.3) is 5.91 Å². The van der Waals surface area contributed by atoms with Gasteiger partial charge in [0.15, 0.2) is 0 Å². The molecule has 0 spiro atoms. The number of aliphatic hydroxyl groups excluding tert-OH is 1. The van der Waals surface area contributed by atoms with Crippen LogP contribution in [0.25, 0.3) is 0 Å². The summed E-state index contributed by atoms with van der Waals surface area (Å²) in [6.07, 6.45) is 6.62. The van der Waals surface area contributed by atoms with Crippen LogP contribution in [0.3, 0.4) is 0 Å². The molecule has 4 nitrogen and oxygen atoms in total. The smallest absolute Gasteiger partial charge is 0.251 e. The lowest BCUT2D eigenvalue weighted by Gasteiger charge is -2.28. The Balaban J connectivity index is 2.04. The summed E-state index contributed by atoms with van der Waals surface area (Å²) in [7, 11) is 0. The van der Waals surface area contributed by atoms with Crippen molar-refractivity contribution in [2.45, 2.75) is 44.8 Å². The van der Waals surface area contributed by atoms with E-state index in [-0.39, 0.29) is 11.9 Å². The largest absolute Gasteiger partial charge is 0.391 e. The molecular weight excluding hydrogens is 216 g/mol. The lowest BCUT2D eigenvalue weighted by Crippen LogP contribution is -2.45. The molecule has 1 fully saturated rings. The lowest BCUT2D eigenvalue weighted by atomic mass is 9.92. The summed E-state index contributed by atoms with van der Waals surface area (Å²) in [5, 5.41) is 12.7. The molecule has 1 aliphatic carbocycles. The number of aliphatic hydroxyl groups is 1. The van der Waals surface area contributed by atoms with Gasteiger partial charge in [-0.3, -0.25) is 9.78 Å². The molecule has 0 aromatic carbocycles. The molecule has 1 aromatic rings. The van der Waals surface area contributed by atoms with E-state index in [9.17, 15) is 9.90 Å². The fraction of sp³-hybridized carbons (Fsp3) is 0.538. The summed E-state index contributed by atoms with van der Waals surface area (Å²) >= 11 is 0. The maximum absolute atomic E-state index is 12.0. The van der Waals surface area contributed by atoms with Gasteiger partial charge in [-0.05, 0) is 31.4 Å². The van der Waals surface area contributed by atoms with Crippen LogP contribution in [0.4, 0.5) is 0 Å². The van der Waals surface area contributed by atoms with Crippen LogP contribution < -0.4 is 5.32 Å². The lowest BCUT2D eigenvalue weighted by molar-refractivity contribution is 0.0717. The maximum Gasteiger partial charge on any atom is 0.251 e. The molecule has 2 unspecified atom stereocenters. The van der Waals surface area contributed by atoms with E-state index in [0.717, 1.165) is 31.2 Å². The molecule has 4 heteroatoms. The summed E-state index contributed by atoms with van der Waals surface area (Å²) < 4.78 is 0. The molecule has 0 aliphatic heterocycles. The maximum atomic E-state index is 12.0.